The number of carbonyl (C=O) groups excluding carboxylic acids is 2. The molecule has 1 aromatic rings. The summed E-state index contributed by atoms with van der Waals surface area (Å²) in [6, 6.07) is 0. The van der Waals surface area contributed by atoms with Gasteiger partial charge in [0.2, 0.25) is 0 Å². The van der Waals surface area contributed by atoms with Gasteiger partial charge < -0.3 is 14.1 Å². The molecule has 0 aromatic carbocycles. The zero-order valence-electron chi connectivity index (χ0n) is 13.8. The predicted octanol–water partition coefficient (Wildman–Crippen LogP) is 2.63. The summed E-state index contributed by atoms with van der Waals surface area (Å²) >= 11 is 0. The fraction of sp³-hybridized carbons (Fsp3) is 0.688. The molecule has 1 aliphatic heterocycles. The van der Waals surface area contributed by atoms with E-state index in [1.54, 1.807) is 25.7 Å². The molecule has 1 amide bonds. The van der Waals surface area contributed by atoms with Gasteiger partial charge in [-0.1, -0.05) is 13.3 Å². The number of carbonyl (C=O) groups is 2. The van der Waals surface area contributed by atoms with E-state index in [4.69, 9.17) is 9.15 Å². The molecule has 2 rings (SSSR count). The Morgan fingerprint density at radius 1 is 1.36 bits per heavy atom. The van der Waals surface area contributed by atoms with Crippen LogP contribution in [0.1, 0.15) is 61.7 Å². The van der Waals surface area contributed by atoms with Crippen molar-refractivity contribution in [2.75, 3.05) is 13.2 Å². The lowest BCUT2D eigenvalue weighted by molar-refractivity contribution is -0.155. The zero-order valence-corrected chi connectivity index (χ0v) is 13.8. The number of hydrogen-bond donors (Lipinski definition) is 0. The monoisotopic (exact) mass is 308 g/mol. The van der Waals surface area contributed by atoms with Gasteiger partial charge in [0.25, 0.3) is 5.91 Å². The van der Waals surface area contributed by atoms with Gasteiger partial charge in [0.05, 0.1) is 6.61 Å². The van der Waals surface area contributed by atoms with Gasteiger partial charge in [0.1, 0.15) is 11.3 Å². The average molecular weight is 308 g/mol. The highest BCUT2D eigenvalue weighted by Gasteiger charge is 2.50. The van der Waals surface area contributed by atoms with Gasteiger partial charge in [-0.3, -0.25) is 4.79 Å². The molecular formula is C16H24N2O4. The van der Waals surface area contributed by atoms with Crippen LogP contribution < -0.4 is 0 Å². The molecule has 1 atom stereocenters. The van der Waals surface area contributed by atoms with Gasteiger partial charge in [0.15, 0.2) is 11.6 Å². The van der Waals surface area contributed by atoms with Crippen LogP contribution in [0.5, 0.6) is 0 Å². The van der Waals surface area contributed by atoms with Gasteiger partial charge >= 0.3 is 5.97 Å². The second kappa shape index (κ2) is 6.50. The molecule has 0 saturated carbocycles. The van der Waals surface area contributed by atoms with E-state index in [0.717, 1.165) is 12.8 Å². The minimum atomic E-state index is -0.860. The van der Waals surface area contributed by atoms with Gasteiger partial charge in [-0.15, -0.1) is 0 Å². The van der Waals surface area contributed by atoms with Crippen molar-refractivity contribution in [3.8, 4) is 0 Å². The summed E-state index contributed by atoms with van der Waals surface area (Å²) in [5.74, 6) is 0.398. The Kier molecular flexibility index (Phi) is 4.88. The van der Waals surface area contributed by atoms with Crippen LogP contribution >= 0.6 is 0 Å². The third-order valence-electron chi connectivity index (χ3n) is 4.16. The lowest BCUT2D eigenvalue weighted by atomic mass is 9.90. The van der Waals surface area contributed by atoms with Crippen molar-refractivity contribution < 1.29 is 18.7 Å². The second-order valence-corrected chi connectivity index (χ2v) is 5.70. The highest BCUT2D eigenvalue weighted by atomic mass is 16.5. The Bertz CT molecular complexity index is 566. The molecule has 0 aliphatic carbocycles. The average Bonchev–Trinajstić information content (AvgIpc) is 3.03. The molecule has 0 spiro atoms. The number of hydrogen-bond acceptors (Lipinski definition) is 5. The van der Waals surface area contributed by atoms with Crippen molar-refractivity contribution in [2.45, 2.75) is 58.9 Å². The number of likely N-dealkylation sites (tertiary alicyclic amines) is 1. The molecule has 6 heteroatoms. The van der Waals surface area contributed by atoms with E-state index in [1.807, 2.05) is 6.92 Å². The van der Waals surface area contributed by atoms with E-state index in [9.17, 15) is 9.59 Å². The summed E-state index contributed by atoms with van der Waals surface area (Å²) in [6.45, 7) is 8.07. The Hall–Kier alpha value is -1.85. The fourth-order valence-corrected chi connectivity index (χ4v) is 3.28. The van der Waals surface area contributed by atoms with E-state index in [2.05, 4.69) is 4.98 Å². The molecule has 0 N–H and O–H groups in total. The quantitative estimate of drug-likeness (QED) is 0.782. The minimum absolute atomic E-state index is 0.242. The molecule has 1 saturated heterocycles. The Labute approximate surface area is 130 Å². The third kappa shape index (κ3) is 2.74. The molecule has 122 valence electrons. The first kappa shape index (κ1) is 16.5. The zero-order chi connectivity index (χ0) is 16.3. The van der Waals surface area contributed by atoms with E-state index in [0.29, 0.717) is 43.3 Å². The topological polar surface area (TPSA) is 72.6 Å². The number of nitrogens with zero attached hydrogens (tertiary/aromatic N) is 2. The normalized spacial score (nSPS) is 21.2. The van der Waals surface area contributed by atoms with E-state index >= 15 is 0 Å². The van der Waals surface area contributed by atoms with E-state index < -0.39 is 5.54 Å². The van der Waals surface area contributed by atoms with Gasteiger partial charge in [0, 0.05) is 13.5 Å². The molecular weight excluding hydrogens is 284 g/mol. The fourth-order valence-electron chi connectivity index (χ4n) is 3.28. The van der Waals surface area contributed by atoms with Crippen molar-refractivity contribution in [1.29, 1.82) is 0 Å². The number of amides is 1. The summed E-state index contributed by atoms with van der Waals surface area (Å²) in [5.41, 5.74) is -0.564. The van der Waals surface area contributed by atoms with E-state index in [1.165, 1.54) is 0 Å². The molecule has 1 aromatic heterocycles. The Morgan fingerprint density at radius 3 is 2.64 bits per heavy atom. The number of esters is 1. The summed E-state index contributed by atoms with van der Waals surface area (Å²) < 4.78 is 10.6. The summed E-state index contributed by atoms with van der Waals surface area (Å²) in [5, 5.41) is 0. The maximum atomic E-state index is 12.9. The van der Waals surface area contributed by atoms with Crippen LogP contribution in [-0.2, 0) is 9.53 Å². The van der Waals surface area contributed by atoms with Crippen molar-refractivity contribution in [3.05, 3.63) is 17.3 Å². The smallest absolute Gasteiger partial charge is 0.332 e. The van der Waals surface area contributed by atoms with Crippen LogP contribution in [0, 0.1) is 13.8 Å². The highest BCUT2D eigenvalue weighted by Crippen LogP contribution is 2.36. The Balaban J connectivity index is 2.36. The van der Waals surface area contributed by atoms with Crippen LogP contribution in [0.15, 0.2) is 4.42 Å². The SMILES string of the molecule is CCC[C@@]1(C(=O)OCC)CCCN1C(=O)c1nc(C)oc1C. The van der Waals surface area contributed by atoms with Gasteiger partial charge in [-0.2, -0.15) is 0 Å². The van der Waals surface area contributed by atoms with Crippen molar-refractivity contribution in [3.63, 3.8) is 0 Å². The summed E-state index contributed by atoms with van der Waals surface area (Å²) in [4.78, 5) is 31.2. The molecule has 1 fully saturated rings. The van der Waals surface area contributed by atoms with Crippen LogP contribution in [0.25, 0.3) is 0 Å². The standard InChI is InChI=1S/C16H24N2O4/c1-5-8-16(15(20)21-6-2)9-7-10-18(16)14(19)13-11(3)22-12(4)17-13/h5-10H2,1-4H3/t16-/m0/s1. The van der Waals surface area contributed by atoms with Crippen LogP contribution in [-0.4, -0.2) is 40.5 Å². The number of ether oxygens (including phenoxy) is 1. The third-order valence-corrected chi connectivity index (χ3v) is 4.16. The predicted molar refractivity (Wildman–Crippen MR) is 80.5 cm³/mol. The molecule has 22 heavy (non-hydrogen) atoms. The number of oxazole rings is 1. The molecule has 1 aliphatic rings. The van der Waals surface area contributed by atoms with Crippen LogP contribution in [0.4, 0.5) is 0 Å². The van der Waals surface area contributed by atoms with E-state index in [-0.39, 0.29) is 11.9 Å². The maximum Gasteiger partial charge on any atom is 0.332 e. The lowest BCUT2D eigenvalue weighted by Crippen LogP contribution is -2.54. The van der Waals surface area contributed by atoms with Crippen LogP contribution in [0.2, 0.25) is 0 Å². The van der Waals surface area contributed by atoms with Crippen molar-refractivity contribution in [1.82, 2.24) is 9.88 Å². The highest BCUT2D eigenvalue weighted by molar-refractivity contribution is 5.98. The summed E-state index contributed by atoms with van der Waals surface area (Å²) in [7, 11) is 0. The molecule has 0 unspecified atom stereocenters. The number of rotatable bonds is 5. The van der Waals surface area contributed by atoms with Crippen molar-refractivity contribution >= 4 is 11.9 Å². The lowest BCUT2D eigenvalue weighted by Gasteiger charge is -2.35. The molecule has 6 nitrogen and oxygen atoms in total. The minimum Gasteiger partial charge on any atom is -0.464 e. The first-order valence-electron chi connectivity index (χ1n) is 7.89. The second-order valence-electron chi connectivity index (χ2n) is 5.70. The van der Waals surface area contributed by atoms with Gasteiger partial charge in [-0.05, 0) is 33.1 Å². The largest absolute Gasteiger partial charge is 0.464 e. The summed E-state index contributed by atoms with van der Waals surface area (Å²) in [6.07, 6.45) is 2.84. The molecule has 0 bridgehead atoms. The Morgan fingerprint density at radius 2 is 2.09 bits per heavy atom. The first-order valence-corrected chi connectivity index (χ1v) is 7.89. The number of aryl methyl sites for hydroxylation is 2. The van der Waals surface area contributed by atoms with Gasteiger partial charge in [-0.25, -0.2) is 9.78 Å². The number of aromatic nitrogens is 1. The van der Waals surface area contributed by atoms with Crippen LogP contribution in [0.3, 0.4) is 0 Å². The molecule has 2 heterocycles. The molecule has 0 radical (unpaired) electrons. The maximum absolute atomic E-state index is 12.9. The first-order chi connectivity index (χ1) is 10.5. The van der Waals surface area contributed by atoms with Crippen molar-refractivity contribution in [2.24, 2.45) is 0 Å².